The number of halogens is 1. The van der Waals surface area contributed by atoms with Gasteiger partial charge in [0, 0.05) is 5.70 Å². The van der Waals surface area contributed by atoms with E-state index in [-0.39, 0.29) is 5.95 Å². The molecule has 0 aromatic heterocycles. The number of hydrogen-bond donors (Lipinski definition) is 2. The third kappa shape index (κ3) is 1.73. The molecule has 1 aliphatic heterocycles. The van der Waals surface area contributed by atoms with E-state index in [1.54, 1.807) is 0 Å². The third-order valence-corrected chi connectivity index (χ3v) is 1.66. The topological polar surface area (TPSA) is 24.1 Å². The molecule has 0 atom stereocenters. The van der Waals surface area contributed by atoms with E-state index in [4.69, 9.17) is 0 Å². The van der Waals surface area contributed by atoms with Gasteiger partial charge in [-0.1, -0.05) is 13.8 Å². The zero-order chi connectivity index (χ0) is 8.43. The molecule has 11 heavy (non-hydrogen) atoms. The summed E-state index contributed by atoms with van der Waals surface area (Å²) in [7, 11) is 0. The average Bonchev–Trinajstić information content (AvgIpc) is 1.85. The lowest BCUT2D eigenvalue weighted by Crippen LogP contribution is -2.34. The normalized spacial score (nSPS) is 17.7. The largest absolute Gasteiger partial charge is 0.303 e. The summed E-state index contributed by atoms with van der Waals surface area (Å²) < 4.78 is 12.5. The lowest BCUT2D eigenvalue weighted by atomic mass is 10.1. The Kier molecular flexibility index (Phi) is 2.17. The van der Waals surface area contributed by atoms with Crippen molar-refractivity contribution in [2.24, 2.45) is 5.92 Å². The number of allylic oxidation sites excluding steroid dienone is 3. The molecule has 1 rings (SSSR count). The van der Waals surface area contributed by atoms with Crippen LogP contribution in [-0.2, 0) is 0 Å². The molecular formula is C8H13FN2. The molecule has 0 aromatic rings. The van der Waals surface area contributed by atoms with Gasteiger partial charge < -0.3 is 5.43 Å². The predicted octanol–water partition coefficient (Wildman–Crippen LogP) is 1.84. The fourth-order valence-corrected chi connectivity index (χ4v) is 1.13. The minimum atomic E-state index is -0.327. The van der Waals surface area contributed by atoms with Gasteiger partial charge in [-0.15, -0.1) is 0 Å². The van der Waals surface area contributed by atoms with Crippen molar-refractivity contribution < 1.29 is 4.39 Å². The summed E-state index contributed by atoms with van der Waals surface area (Å²) in [5, 5.41) is 0. The monoisotopic (exact) mass is 156 g/mol. The zero-order valence-corrected chi connectivity index (χ0v) is 7.03. The Balaban J connectivity index is 2.86. The highest BCUT2D eigenvalue weighted by Crippen LogP contribution is 2.16. The van der Waals surface area contributed by atoms with Crippen LogP contribution in [-0.4, -0.2) is 0 Å². The van der Waals surface area contributed by atoms with E-state index < -0.39 is 0 Å². The lowest BCUT2D eigenvalue weighted by Gasteiger charge is -2.21. The van der Waals surface area contributed by atoms with E-state index in [1.807, 2.05) is 6.92 Å². The first-order valence-electron chi connectivity index (χ1n) is 3.71. The quantitative estimate of drug-likeness (QED) is 0.566. The van der Waals surface area contributed by atoms with Crippen molar-refractivity contribution in [2.45, 2.75) is 20.8 Å². The van der Waals surface area contributed by atoms with Crippen molar-refractivity contribution in [3.05, 3.63) is 23.3 Å². The molecular weight excluding hydrogens is 143 g/mol. The predicted molar refractivity (Wildman–Crippen MR) is 43.0 cm³/mol. The molecule has 1 heterocycles. The highest BCUT2D eigenvalue weighted by atomic mass is 19.1. The Bertz CT molecular complexity index is 216. The summed E-state index contributed by atoms with van der Waals surface area (Å²) in [5.74, 6) is 0.0683. The van der Waals surface area contributed by atoms with E-state index in [2.05, 4.69) is 24.7 Å². The second-order valence-corrected chi connectivity index (χ2v) is 2.99. The van der Waals surface area contributed by atoms with Crippen LogP contribution in [0.1, 0.15) is 20.8 Å². The van der Waals surface area contributed by atoms with Crippen LogP contribution < -0.4 is 10.9 Å². The van der Waals surface area contributed by atoms with Crippen LogP contribution in [0.3, 0.4) is 0 Å². The van der Waals surface area contributed by atoms with Crippen LogP contribution in [0.25, 0.3) is 0 Å². The van der Waals surface area contributed by atoms with E-state index in [0.717, 1.165) is 11.3 Å². The standard InChI is InChI=1S/C8H13FN2/c1-5(2)8-6(3)4-7(9)10-11-8/h4-5,10-11H,1-3H3. The molecule has 2 N–H and O–H groups in total. The summed E-state index contributed by atoms with van der Waals surface area (Å²) in [6.45, 7) is 6.01. The van der Waals surface area contributed by atoms with Crippen LogP contribution in [0.5, 0.6) is 0 Å². The molecule has 1 aliphatic rings. The maximum absolute atomic E-state index is 12.5. The molecule has 0 fully saturated rings. The van der Waals surface area contributed by atoms with E-state index >= 15 is 0 Å². The van der Waals surface area contributed by atoms with E-state index in [0.29, 0.717) is 5.92 Å². The SMILES string of the molecule is CC1=C(C(C)C)NNC(F)=C1. The highest BCUT2D eigenvalue weighted by molar-refractivity contribution is 5.27. The summed E-state index contributed by atoms with van der Waals surface area (Å²) in [4.78, 5) is 0. The van der Waals surface area contributed by atoms with Crippen molar-refractivity contribution in [2.75, 3.05) is 0 Å². The van der Waals surface area contributed by atoms with Gasteiger partial charge in [0.1, 0.15) is 0 Å². The van der Waals surface area contributed by atoms with Crippen molar-refractivity contribution >= 4 is 0 Å². The summed E-state index contributed by atoms with van der Waals surface area (Å²) in [6.07, 6.45) is 1.49. The number of hydrogen-bond acceptors (Lipinski definition) is 2. The smallest absolute Gasteiger partial charge is 0.205 e. The molecule has 0 bridgehead atoms. The van der Waals surface area contributed by atoms with Crippen LogP contribution in [0.15, 0.2) is 23.3 Å². The van der Waals surface area contributed by atoms with Gasteiger partial charge in [-0.05, 0) is 24.5 Å². The third-order valence-electron chi connectivity index (χ3n) is 1.66. The minimum absolute atomic E-state index is 0.327. The Labute approximate surface area is 66.1 Å². The van der Waals surface area contributed by atoms with Crippen LogP contribution in [0.4, 0.5) is 4.39 Å². The molecule has 0 radical (unpaired) electrons. The van der Waals surface area contributed by atoms with E-state index in [1.165, 1.54) is 6.08 Å². The minimum Gasteiger partial charge on any atom is -0.303 e. The molecule has 0 saturated heterocycles. The molecule has 0 saturated carbocycles. The second-order valence-electron chi connectivity index (χ2n) is 2.99. The molecule has 62 valence electrons. The summed E-state index contributed by atoms with van der Waals surface area (Å²) >= 11 is 0. The van der Waals surface area contributed by atoms with Crippen molar-refractivity contribution in [3.8, 4) is 0 Å². The maximum Gasteiger partial charge on any atom is 0.205 e. The van der Waals surface area contributed by atoms with Gasteiger partial charge in [0.25, 0.3) is 0 Å². The second kappa shape index (κ2) is 2.95. The average molecular weight is 156 g/mol. The maximum atomic E-state index is 12.5. The zero-order valence-electron chi connectivity index (χ0n) is 7.03. The first-order valence-corrected chi connectivity index (χ1v) is 3.71. The van der Waals surface area contributed by atoms with Crippen LogP contribution in [0, 0.1) is 5.92 Å². The molecule has 3 heteroatoms. The van der Waals surface area contributed by atoms with Crippen LogP contribution in [0.2, 0.25) is 0 Å². The Morgan fingerprint density at radius 1 is 1.36 bits per heavy atom. The van der Waals surface area contributed by atoms with Crippen LogP contribution >= 0.6 is 0 Å². The van der Waals surface area contributed by atoms with Gasteiger partial charge in [0.2, 0.25) is 5.95 Å². The Hall–Kier alpha value is -0.990. The van der Waals surface area contributed by atoms with Gasteiger partial charge in [0.05, 0.1) is 0 Å². The number of nitrogens with one attached hydrogen (secondary N) is 2. The van der Waals surface area contributed by atoms with Crippen molar-refractivity contribution in [1.82, 2.24) is 10.9 Å². The van der Waals surface area contributed by atoms with Gasteiger partial charge in [-0.25, -0.2) is 0 Å². The summed E-state index contributed by atoms with van der Waals surface area (Å²) in [6, 6.07) is 0. The highest BCUT2D eigenvalue weighted by Gasteiger charge is 2.10. The first-order chi connectivity index (χ1) is 5.11. The fourth-order valence-electron chi connectivity index (χ4n) is 1.13. The Morgan fingerprint density at radius 3 is 2.45 bits per heavy atom. The molecule has 0 unspecified atom stereocenters. The van der Waals surface area contributed by atoms with Crippen molar-refractivity contribution in [1.29, 1.82) is 0 Å². The summed E-state index contributed by atoms with van der Waals surface area (Å²) in [5.41, 5.74) is 7.24. The van der Waals surface area contributed by atoms with Gasteiger partial charge in [0.15, 0.2) is 0 Å². The lowest BCUT2D eigenvalue weighted by molar-refractivity contribution is 0.470. The van der Waals surface area contributed by atoms with Crippen molar-refractivity contribution in [3.63, 3.8) is 0 Å². The van der Waals surface area contributed by atoms with Gasteiger partial charge in [-0.3, -0.25) is 5.43 Å². The molecule has 0 aromatic carbocycles. The molecule has 0 aliphatic carbocycles. The fraction of sp³-hybridized carbons (Fsp3) is 0.500. The Morgan fingerprint density at radius 2 is 2.00 bits per heavy atom. The first kappa shape index (κ1) is 8.11. The number of rotatable bonds is 1. The molecule has 0 amide bonds. The molecule has 2 nitrogen and oxygen atoms in total. The van der Waals surface area contributed by atoms with Gasteiger partial charge in [-0.2, -0.15) is 4.39 Å². The van der Waals surface area contributed by atoms with E-state index in [9.17, 15) is 4.39 Å². The number of hydrazine groups is 1. The van der Waals surface area contributed by atoms with Gasteiger partial charge >= 0.3 is 0 Å². The molecule has 0 spiro atoms.